The summed E-state index contributed by atoms with van der Waals surface area (Å²) in [7, 11) is -6.53. The third kappa shape index (κ3) is 7.38. The van der Waals surface area contributed by atoms with E-state index in [1.807, 2.05) is 36.4 Å². The van der Waals surface area contributed by atoms with Gasteiger partial charge >= 0.3 is 14.4 Å². The molecule has 204 valence electrons. The third-order valence-corrected chi connectivity index (χ3v) is 11.4. The highest BCUT2D eigenvalue weighted by molar-refractivity contribution is 7.92. The van der Waals surface area contributed by atoms with Crippen molar-refractivity contribution in [2.75, 3.05) is 11.0 Å². The maximum absolute atomic E-state index is 12.4. The first-order valence-electron chi connectivity index (χ1n) is 12.5. The van der Waals surface area contributed by atoms with Crippen LogP contribution < -0.4 is 24.8 Å². The van der Waals surface area contributed by atoms with Gasteiger partial charge in [-0.3, -0.25) is 4.72 Å². The number of anilines is 1. The molecule has 3 aromatic carbocycles. The van der Waals surface area contributed by atoms with Gasteiger partial charge in [0.15, 0.2) is 0 Å². The monoisotopic (exact) mass is 554 g/mol. The maximum Gasteiger partial charge on any atom is 0.407 e. The van der Waals surface area contributed by atoms with E-state index >= 15 is 0 Å². The molecule has 0 aliphatic rings. The van der Waals surface area contributed by atoms with E-state index in [-0.39, 0.29) is 11.6 Å². The molecule has 0 saturated heterocycles. The molecule has 0 aromatic heterocycles. The molecule has 0 atom stereocenters. The number of sulfonamides is 1. The molecule has 0 fully saturated rings. The Hall–Kier alpha value is -3.30. The van der Waals surface area contributed by atoms with Gasteiger partial charge in [-0.05, 0) is 42.2 Å². The topological polar surface area (TPSA) is 93.7 Å². The second-order valence-electron chi connectivity index (χ2n) is 11.3. The van der Waals surface area contributed by atoms with E-state index in [2.05, 4.69) is 55.1 Å². The molecule has 38 heavy (non-hydrogen) atoms. The minimum Gasteiger partial charge on any atom is -0.534 e. The summed E-state index contributed by atoms with van der Waals surface area (Å²) in [5.74, 6) is 0.490. The smallest absolute Gasteiger partial charge is 0.407 e. The Morgan fingerprint density at radius 1 is 0.842 bits per heavy atom. The zero-order valence-electron chi connectivity index (χ0n) is 23.2. The Balaban J connectivity index is 2.17. The number of alkyl carbamates (subject to hydrolysis) is 1. The molecule has 7 nitrogen and oxygen atoms in total. The van der Waals surface area contributed by atoms with Crippen LogP contribution in [-0.4, -0.2) is 34.7 Å². The molecule has 9 heteroatoms. The number of carbonyl (C=O) groups excluding carboxylic acids is 1. The number of carbonyl (C=O) groups is 1. The van der Waals surface area contributed by atoms with Crippen molar-refractivity contribution in [1.82, 2.24) is 5.32 Å². The average Bonchev–Trinajstić information content (AvgIpc) is 2.80. The molecule has 0 saturated carbocycles. The van der Waals surface area contributed by atoms with Gasteiger partial charge in [-0.15, -0.1) is 0 Å². The van der Waals surface area contributed by atoms with Gasteiger partial charge in [0, 0.05) is 18.2 Å². The molecule has 3 aromatic rings. The highest BCUT2D eigenvalue weighted by atomic mass is 32.2. The molecule has 0 heterocycles. The van der Waals surface area contributed by atoms with Gasteiger partial charge in [0.2, 0.25) is 10.0 Å². The van der Waals surface area contributed by atoms with Crippen LogP contribution in [0.25, 0.3) is 0 Å². The Morgan fingerprint density at radius 3 is 1.82 bits per heavy atom. The number of benzene rings is 3. The van der Waals surface area contributed by atoms with Gasteiger partial charge in [0.25, 0.3) is 0 Å². The number of hydrogen-bond acceptors (Lipinski definition) is 5. The molecular weight excluding hydrogens is 516 g/mol. The second kappa shape index (κ2) is 11.2. The summed E-state index contributed by atoms with van der Waals surface area (Å²) >= 11 is 0. The second-order valence-corrected chi connectivity index (χ2v) is 17.3. The van der Waals surface area contributed by atoms with E-state index in [0.717, 1.165) is 16.6 Å². The lowest BCUT2D eigenvalue weighted by atomic mass is 10.2. The van der Waals surface area contributed by atoms with E-state index in [1.54, 1.807) is 39.0 Å². The van der Waals surface area contributed by atoms with Crippen molar-refractivity contribution in [2.24, 2.45) is 0 Å². The standard InChI is InChI=1S/C29H38N2O5SSi/c1-28(2,3)35-27(32)30-21-22-18-19-23(31-37(7,33)34)20-26(22)36-38(29(4,5)6,24-14-10-8-11-15-24)25-16-12-9-13-17-25/h8-20,31H,21H2,1-7H3,(H,30,32). The van der Waals surface area contributed by atoms with Crippen LogP contribution in [0.5, 0.6) is 5.75 Å². The SMILES string of the molecule is CC(C)(C)OC(=O)NCc1ccc(NS(C)(=O)=O)cc1O[Si](c1ccccc1)(c1ccccc1)C(C)(C)C. The summed E-state index contributed by atoms with van der Waals surface area (Å²) in [4.78, 5) is 12.4. The number of nitrogens with one attached hydrogen (secondary N) is 2. The first kappa shape index (κ1) is 29.3. The summed E-state index contributed by atoms with van der Waals surface area (Å²) in [6.45, 7) is 12.0. The van der Waals surface area contributed by atoms with Crippen molar-refractivity contribution in [1.29, 1.82) is 0 Å². The molecule has 0 unspecified atom stereocenters. The fourth-order valence-corrected chi connectivity index (χ4v) is 9.38. The highest BCUT2D eigenvalue weighted by Gasteiger charge is 2.52. The van der Waals surface area contributed by atoms with Crippen LogP contribution >= 0.6 is 0 Å². The molecule has 0 spiro atoms. The minimum atomic E-state index is -3.51. The van der Waals surface area contributed by atoms with Gasteiger partial charge < -0.3 is 14.5 Å². The lowest BCUT2D eigenvalue weighted by Gasteiger charge is -2.43. The minimum absolute atomic E-state index is 0.140. The van der Waals surface area contributed by atoms with Crippen molar-refractivity contribution in [3.8, 4) is 5.75 Å². The van der Waals surface area contributed by atoms with Crippen molar-refractivity contribution < 1.29 is 22.4 Å². The van der Waals surface area contributed by atoms with Gasteiger partial charge in [-0.2, -0.15) is 0 Å². The van der Waals surface area contributed by atoms with E-state index in [0.29, 0.717) is 17.0 Å². The first-order valence-corrected chi connectivity index (χ1v) is 16.3. The molecule has 0 radical (unpaired) electrons. The van der Waals surface area contributed by atoms with Crippen LogP contribution in [0.4, 0.5) is 10.5 Å². The quantitative estimate of drug-likeness (QED) is 0.381. The van der Waals surface area contributed by atoms with E-state index < -0.39 is 30.0 Å². The van der Waals surface area contributed by atoms with Gasteiger partial charge in [-0.25, -0.2) is 13.2 Å². The Morgan fingerprint density at radius 2 is 1.37 bits per heavy atom. The Labute approximate surface area is 227 Å². The van der Waals surface area contributed by atoms with Crippen LogP contribution in [0.1, 0.15) is 47.1 Å². The van der Waals surface area contributed by atoms with Crippen molar-refractivity contribution in [3.63, 3.8) is 0 Å². The zero-order valence-corrected chi connectivity index (χ0v) is 25.0. The number of rotatable bonds is 8. The molecule has 3 rings (SSSR count). The van der Waals surface area contributed by atoms with Gasteiger partial charge in [-0.1, -0.05) is 87.5 Å². The van der Waals surface area contributed by atoms with Crippen LogP contribution in [0, 0.1) is 0 Å². The first-order chi connectivity index (χ1) is 17.6. The Kier molecular flexibility index (Phi) is 8.63. The Bertz CT molecular complexity index is 1310. The molecule has 0 aliphatic heterocycles. The summed E-state index contributed by atoms with van der Waals surface area (Å²) in [5, 5.41) is 4.64. The molecule has 2 N–H and O–H groups in total. The van der Waals surface area contributed by atoms with E-state index in [9.17, 15) is 13.2 Å². The van der Waals surface area contributed by atoms with E-state index in [1.165, 1.54) is 0 Å². The largest absolute Gasteiger partial charge is 0.534 e. The van der Waals surface area contributed by atoms with Crippen molar-refractivity contribution in [2.45, 2.75) is 58.7 Å². The fraction of sp³-hybridized carbons (Fsp3) is 0.345. The lowest BCUT2D eigenvalue weighted by Crippen LogP contribution is -2.69. The lowest BCUT2D eigenvalue weighted by molar-refractivity contribution is 0.0523. The van der Waals surface area contributed by atoms with Crippen LogP contribution in [-0.2, 0) is 21.3 Å². The number of ether oxygens (including phenoxy) is 1. The summed E-state index contributed by atoms with van der Waals surface area (Å²) < 4.78 is 39.2. The summed E-state index contributed by atoms with van der Waals surface area (Å²) in [6, 6.07) is 25.4. The molecule has 1 amide bonds. The van der Waals surface area contributed by atoms with Crippen molar-refractivity contribution >= 4 is 40.5 Å². The molecular formula is C29H38N2O5SSi. The van der Waals surface area contributed by atoms with Crippen LogP contribution in [0.2, 0.25) is 5.04 Å². The average molecular weight is 555 g/mol. The van der Waals surface area contributed by atoms with Crippen LogP contribution in [0.3, 0.4) is 0 Å². The third-order valence-electron chi connectivity index (χ3n) is 5.87. The van der Waals surface area contributed by atoms with Gasteiger partial charge in [0.05, 0.1) is 11.9 Å². The maximum atomic E-state index is 12.4. The molecule has 0 bridgehead atoms. The van der Waals surface area contributed by atoms with Crippen molar-refractivity contribution in [3.05, 3.63) is 84.4 Å². The normalized spacial score (nSPS) is 12.5. The van der Waals surface area contributed by atoms with E-state index in [4.69, 9.17) is 9.16 Å². The predicted molar refractivity (Wildman–Crippen MR) is 156 cm³/mol. The number of amides is 1. The summed E-state index contributed by atoms with van der Waals surface area (Å²) in [6.07, 6.45) is 0.556. The number of hydrogen-bond donors (Lipinski definition) is 2. The fourth-order valence-electron chi connectivity index (χ4n) is 4.37. The molecule has 0 aliphatic carbocycles. The van der Waals surface area contributed by atoms with Crippen LogP contribution in [0.15, 0.2) is 78.9 Å². The predicted octanol–water partition coefficient (Wildman–Crippen LogP) is 5.02. The highest BCUT2D eigenvalue weighted by Crippen LogP contribution is 2.39. The summed E-state index contributed by atoms with van der Waals surface area (Å²) in [5.41, 5.74) is 0.436. The zero-order chi connectivity index (χ0) is 28.2. The van der Waals surface area contributed by atoms with Gasteiger partial charge in [0.1, 0.15) is 11.4 Å².